The van der Waals surface area contributed by atoms with Crippen LogP contribution in [0, 0.1) is 0 Å². The number of piperidine rings is 1. The lowest BCUT2D eigenvalue weighted by Gasteiger charge is -2.44. The van der Waals surface area contributed by atoms with Crippen LogP contribution in [0.5, 0.6) is 0 Å². The molecule has 5 rings (SSSR count). The summed E-state index contributed by atoms with van der Waals surface area (Å²) in [5.74, 6) is 0.124. The summed E-state index contributed by atoms with van der Waals surface area (Å²) in [6.45, 7) is 3.10. The molecule has 3 aromatic heterocycles. The predicted octanol–water partition coefficient (Wildman–Crippen LogP) is 3.15. The summed E-state index contributed by atoms with van der Waals surface area (Å²) < 4.78 is 8.27. The molecule has 29 heavy (non-hydrogen) atoms. The van der Waals surface area contributed by atoms with Gasteiger partial charge >= 0.3 is 5.97 Å². The van der Waals surface area contributed by atoms with Crippen LogP contribution in [0.2, 0.25) is 0 Å². The van der Waals surface area contributed by atoms with Crippen molar-refractivity contribution in [1.29, 1.82) is 0 Å². The first-order valence-corrected chi connectivity index (χ1v) is 10.6. The van der Waals surface area contributed by atoms with Gasteiger partial charge in [0.25, 0.3) is 0 Å². The fraction of sp³-hybridized carbons (Fsp3) is 0.381. The highest BCUT2D eigenvalue weighted by atomic mass is 32.1. The van der Waals surface area contributed by atoms with Crippen LogP contribution in [-0.2, 0) is 23.3 Å². The van der Waals surface area contributed by atoms with Gasteiger partial charge < -0.3 is 19.3 Å². The number of rotatable bonds is 4. The van der Waals surface area contributed by atoms with E-state index in [1.807, 2.05) is 23.0 Å². The molecule has 0 bridgehead atoms. The molecule has 1 N–H and O–H groups in total. The number of fused-ring (bicyclic) bond motifs is 2. The maximum absolute atomic E-state index is 11.4. The molecule has 0 saturated carbocycles. The second-order valence-electron chi connectivity index (χ2n) is 7.59. The van der Waals surface area contributed by atoms with Gasteiger partial charge in [0.15, 0.2) is 0 Å². The van der Waals surface area contributed by atoms with Crippen LogP contribution in [0.3, 0.4) is 0 Å². The van der Waals surface area contributed by atoms with Crippen molar-refractivity contribution in [2.75, 3.05) is 24.6 Å². The van der Waals surface area contributed by atoms with Crippen LogP contribution < -0.4 is 4.90 Å². The Morgan fingerprint density at radius 3 is 2.86 bits per heavy atom. The molecule has 0 unspecified atom stereocenters. The average Bonchev–Trinajstić information content (AvgIpc) is 3.40. The Labute approximate surface area is 172 Å². The zero-order valence-corrected chi connectivity index (χ0v) is 16.8. The number of carbonyl (C=O) groups is 1. The largest absolute Gasteiger partial charge is 0.477 e. The van der Waals surface area contributed by atoms with E-state index in [1.54, 1.807) is 12.5 Å². The van der Waals surface area contributed by atoms with Crippen LogP contribution in [-0.4, -0.2) is 45.3 Å². The predicted molar refractivity (Wildman–Crippen MR) is 110 cm³/mol. The lowest BCUT2D eigenvalue weighted by Crippen LogP contribution is -2.46. The molecule has 7 nitrogen and oxygen atoms in total. The third-order valence-corrected chi connectivity index (χ3v) is 7.03. The van der Waals surface area contributed by atoms with Crippen molar-refractivity contribution in [3.63, 3.8) is 0 Å². The summed E-state index contributed by atoms with van der Waals surface area (Å²) in [6, 6.07) is 6.02. The molecule has 0 aliphatic carbocycles. The third kappa shape index (κ3) is 3.42. The quantitative estimate of drug-likeness (QED) is 0.712. The van der Waals surface area contributed by atoms with Gasteiger partial charge in [-0.2, -0.15) is 0 Å². The lowest BCUT2D eigenvalue weighted by atomic mass is 9.82. The lowest BCUT2D eigenvalue weighted by molar-refractivity contribution is -0.0757. The van der Waals surface area contributed by atoms with E-state index in [2.05, 4.69) is 27.0 Å². The minimum atomic E-state index is -0.850. The van der Waals surface area contributed by atoms with E-state index >= 15 is 0 Å². The van der Waals surface area contributed by atoms with Gasteiger partial charge in [-0.05, 0) is 36.1 Å². The number of hydrogen-bond donors (Lipinski definition) is 1. The number of carboxylic acids is 1. The van der Waals surface area contributed by atoms with Crippen LogP contribution >= 0.6 is 11.3 Å². The first-order valence-electron chi connectivity index (χ1n) is 9.79. The second-order valence-corrected chi connectivity index (χ2v) is 8.73. The molecule has 150 valence electrons. The molecular weight excluding hydrogens is 388 g/mol. The second kappa shape index (κ2) is 7.27. The number of carboxylic acid groups (broad SMARTS) is 1. The number of pyridine rings is 1. The van der Waals surface area contributed by atoms with Crippen LogP contribution in [0.4, 0.5) is 5.82 Å². The zero-order valence-electron chi connectivity index (χ0n) is 16.0. The summed E-state index contributed by atoms with van der Waals surface area (Å²) in [5.41, 5.74) is 1.88. The number of aromatic carboxylic acids is 1. The molecule has 0 atom stereocenters. The molecule has 2 aliphatic heterocycles. The molecule has 0 amide bonds. The summed E-state index contributed by atoms with van der Waals surface area (Å²) in [7, 11) is 0. The van der Waals surface area contributed by atoms with Crippen molar-refractivity contribution in [2.45, 2.75) is 31.4 Å². The fourth-order valence-electron chi connectivity index (χ4n) is 4.32. The van der Waals surface area contributed by atoms with Gasteiger partial charge in [0, 0.05) is 49.5 Å². The van der Waals surface area contributed by atoms with Crippen LogP contribution in [0.15, 0.2) is 43.1 Å². The fourth-order valence-corrected chi connectivity index (χ4v) is 5.39. The molecule has 1 saturated heterocycles. The van der Waals surface area contributed by atoms with Gasteiger partial charge in [-0.1, -0.05) is 6.07 Å². The topological polar surface area (TPSA) is 80.5 Å². The van der Waals surface area contributed by atoms with Crippen molar-refractivity contribution in [2.24, 2.45) is 0 Å². The van der Waals surface area contributed by atoms with E-state index in [0.29, 0.717) is 11.5 Å². The van der Waals surface area contributed by atoms with E-state index in [1.165, 1.54) is 16.2 Å². The average molecular weight is 410 g/mol. The van der Waals surface area contributed by atoms with Gasteiger partial charge in [-0.15, -0.1) is 11.3 Å². The Morgan fingerprint density at radius 2 is 2.17 bits per heavy atom. The molecule has 0 aromatic carbocycles. The highest BCUT2D eigenvalue weighted by Gasteiger charge is 2.42. The van der Waals surface area contributed by atoms with Crippen molar-refractivity contribution >= 4 is 23.1 Å². The minimum Gasteiger partial charge on any atom is -0.477 e. The molecule has 3 aromatic rings. The number of imidazole rings is 1. The highest BCUT2D eigenvalue weighted by Crippen LogP contribution is 2.45. The van der Waals surface area contributed by atoms with E-state index in [0.717, 1.165) is 55.8 Å². The molecule has 1 spiro atoms. The standard InChI is InChI=1S/C21H22N4O3S/c26-20(27)18-11-16-17(29-18)3-10-28-21(16)4-7-25(8-5-21)19-2-1-15(12-23-19)13-24-9-6-22-14-24/h1-2,6,9,11-12,14H,3-5,7-8,10,13H2,(H,26,27). The normalized spacial score (nSPS) is 18.0. The Balaban J connectivity index is 1.29. The Hall–Kier alpha value is -2.71. The summed E-state index contributed by atoms with van der Waals surface area (Å²) in [4.78, 5) is 24.0. The number of aromatic nitrogens is 3. The van der Waals surface area contributed by atoms with E-state index in [4.69, 9.17) is 4.74 Å². The maximum Gasteiger partial charge on any atom is 0.345 e. The SMILES string of the molecule is O=C(O)c1cc2c(s1)CCOC21CCN(c2ccc(Cn3ccnc3)cn2)CC1. The van der Waals surface area contributed by atoms with Gasteiger partial charge in [-0.25, -0.2) is 14.8 Å². The molecule has 2 aliphatic rings. The first-order chi connectivity index (χ1) is 14.1. The van der Waals surface area contributed by atoms with Crippen molar-refractivity contribution in [3.8, 4) is 0 Å². The maximum atomic E-state index is 11.4. The number of hydrogen-bond acceptors (Lipinski definition) is 6. The van der Waals surface area contributed by atoms with Crippen LogP contribution in [0.1, 0.15) is 38.5 Å². The van der Waals surface area contributed by atoms with E-state index < -0.39 is 5.97 Å². The van der Waals surface area contributed by atoms with Gasteiger partial charge in [-0.3, -0.25) is 0 Å². The number of thiophene rings is 1. The number of nitrogens with zero attached hydrogens (tertiary/aromatic N) is 4. The first kappa shape index (κ1) is 18.3. The van der Waals surface area contributed by atoms with Crippen molar-refractivity contribution in [1.82, 2.24) is 14.5 Å². The van der Waals surface area contributed by atoms with Gasteiger partial charge in [0.05, 0.1) is 18.5 Å². The summed E-state index contributed by atoms with van der Waals surface area (Å²) in [6.07, 6.45) is 9.93. The highest BCUT2D eigenvalue weighted by molar-refractivity contribution is 7.14. The van der Waals surface area contributed by atoms with E-state index in [-0.39, 0.29) is 5.60 Å². The molecule has 8 heteroatoms. The smallest absolute Gasteiger partial charge is 0.345 e. The Morgan fingerprint density at radius 1 is 1.31 bits per heavy atom. The molecule has 1 fully saturated rings. The molecule has 5 heterocycles. The third-order valence-electron chi connectivity index (χ3n) is 5.85. The van der Waals surface area contributed by atoms with Crippen molar-refractivity contribution in [3.05, 3.63) is 64.0 Å². The summed E-state index contributed by atoms with van der Waals surface area (Å²) >= 11 is 1.40. The Kier molecular flexibility index (Phi) is 4.60. The minimum absolute atomic E-state index is 0.352. The monoisotopic (exact) mass is 410 g/mol. The van der Waals surface area contributed by atoms with Gasteiger partial charge in [0.2, 0.25) is 0 Å². The summed E-state index contributed by atoms with van der Waals surface area (Å²) in [5, 5.41) is 9.36. The zero-order chi connectivity index (χ0) is 19.8. The number of ether oxygens (including phenoxy) is 1. The van der Waals surface area contributed by atoms with Crippen LogP contribution in [0.25, 0.3) is 0 Å². The van der Waals surface area contributed by atoms with Gasteiger partial charge in [0.1, 0.15) is 10.7 Å². The number of anilines is 1. The molecule has 0 radical (unpaired) electrons. The van der Waals surface area contributed by atoms with Crippen molar-refractivity contribution < 1.29 is 14.6 Å². The molecular formula is C21H22N4O3S. The van der Waals surface area contributed by atoms with E-state index in [9.17, 15) is 9.90 Å². The Bertz CT molecular complexity index is 1010.